The fourth-order valence-electron chi connectivity index (χ4n) is 3.67. The second-order valence-corrected chi connectivity index (χ2v) is 8.65. The number of nitrogens with zero attached hydrogens (tertiary/aromatic N) is 3. The summed E-state index contributed by atoms with van der Waals surface area (Å²) in [6, 6.07) is 15.3. The molecule has 1 atom stereocenters. The van der Waals surface area contributed by atoms with E-state index in [1.165, 1.54) is 7.11 Å². The average Bonchev–Trinajstić information content (AvgIpc) is 3.51. The molecule has 33 heavy (non-hydrogen) atoms. The fourth-order valence-corrected chi connectivity index (χ4v) is 4.69. The quantitative estimate of drug-likeness (QED) is 0.455. The Balaban J connectivity index is 1.51. The number of ether oxygens (including phenoxy) is 3. The van der Waals surface area contributed by atoms with Crippen molar-refractivity contribution in [1.82, 2.24) is 20.1 Å². The van der Waals surface area contributed by atoms with Gasteiger partial charge in [-0.2, -0.15) is 0 Å². The fraction of sp³-hybridized carbons (Fsp3) is 0.375. The second-order valence-electron chi connectivity index (χ2n) is 7.67. The number of carbonyl (C=O) groups is 1. The van der Waals surface area contributed by atoms with Crippen LogP contribution in [-0.2, 0) is 17.8 Å². The summed E-state index contributed by atoms with van der Waals surface area (Å²) in [7, 11) is 3.10. The van der Waals surface area contributed by atoms with Crippen LogP contribution in [-0.4, -0.2) is 53.4 Å². The van der Waals surface area contributed by atoms with Crippen molar-refractivity contribution in [3.8, 4) is 11.5 Å². The highest BCUT2D eigenvalue weighted by atomic mass is 32.2. The van der Waals surface area contributed by atoms with Crippen LogP contribution in [0, 0.1) is 0 Å². The van der Waals surface area contributed by atoms with Gasteiger partial charge in [0, 0.05) is 12.4 Å². The Kier molecular flexibility index (Phi) is 7.85. The van der Waals surface area contributed by atoms with E-state index in [1.54, 1.807) is 37.1 Å². The Morgan fingerprint density at radius 3 is 2.76 bits per heavy atom. The van der Waals surface area contributed by atoms with Crippen molar-refractivity contribution in [3.05, 3.63) is 65.5 Å². The minimum absolute atomic E-state index is 0.236. The molecule has 0 radical (unpaired) electrons. The van der Waals surface area contributed by atoms with E-state index in [2.05, 4.69) is 32.2 Å². The normalized spacial score (nSPS) is 15.4. The van der Waals surface area contributed by atoms with Gasteiger partial charge in [-0.15, -0.1) is 10.2 Å². The van der Waals surface area contributed by atoms with Crippen LogP contribution in [0.5, 0.6) is 11.5 Å². The third-order valence-electron chi connectivity index (χ3n) is 5.46. The van der Waals surface area contributed by atoms with E-state index in [-0.39, 0.29) is 18.6 Å². The zero-order valence-corrected chi connectivity index (χ0v) is 19.6. The van der Waals surface area contributed by atoms with Gasteiger partial charge in [0.05, 0.1) is 39.0 Å². The van der Waals surface area contributed by atoms with E-state index in [4.69, 9.17) is 14.2 Å². The molecule has 9 heteroatoms. The van der Waals surface area contributed by atoms with Crippen molar-refractivity contribution in [2.75, 3.05) is 26.6 Å². The van der Waals surface area contributed by atoms with Crippen LogP contribution in [0.15, 0.2) is 53.7 Å². The Hall–Kier alpha value is -3.04. The molecule has 174 valence electrons. The number of methoxy groups -OCH3 is 2. The summed E-state index contributed by atoms with van der Waals surface area (Å²) < 4.78 is 18.4. The van der Waals surface area contributed by atoms with Gasteiger partial charge in [-0.3, -0.25) is 4.79 Å². The van der Waals surface area contributed by atoms with Crippen LogP contribution in [0.25, 0.3) is 0 Å². The predicted octanol–water partition coefficient (Wildman–Crippen LogP) is 3.54. The standard InChI is InChI=1S/C24H28N4O4S/c1-30-18-10-11-21(31-2)20(13-18)23(29)25-14-22-26-27-24(33-16-19-9-6-12-32-19)28(22)15-17-7-4-3-5-8-17/h3-5,7-8,10-11,13,19H,6,9,12,14-16H2,1-2H3,(H,25,29). The van der Waals surface area contributed by atoms with Gasteiger partial charge >= 0.3 is 0 Å². The summed E-state index contributed by atoms with van der Waals surface area (Å²) in [5.74, 6) is 2.31. The molecule has 0 saturated carbocycles. The molecule has 1 N–H and O–H groups in total. The van der Waals surface area contributed by atoms with Gasteiger partial charge in [0.2, 0.25) is 0 Å². The van der Waals surface area contributed by atoms with Crippen LogP contribution in [0.2, 0.25) is 0 Å². The third-order valence-corrected chi connectivity index (χ3v) is 6.56. The maximum atomic E-state index is 12.9. The van der Waals surface area contributed by atoms with Crippen molar-refractivity contribution < 1.29 is 19.0 Å². The molecule has 3 aromatic rings. The lowest BCUT2D eigenvalue weighted by Crippen LogP contribution is -2.25. The van der Waals surface area contributed by atoms with Gasteiger partial charge in [0.1, 0.15) is 11.5 Å². The SMILES string of the molecule is COc1ccc(OC)c(C(=O)NCc2nnc(SCC3CCCO3)n2Cc2ccccc2)c1. The van der Waals surface area contributed by atoms with Gasteiger partial charge in [-0.05, 0) is 36.6 Å². The zero-order chi connectivity index (χ0) is 23.0. The molecular formula is C24H28N4O4S. The predicted molar refractivity (Wildman–Crippen MR) is 126 cm³/mol. The Morgan fingerprint density at radius 1 is 1.18 bits per heavy atom. The molecule has 1 aliphatic heterocycles. The molecule has 1 aromatic heterocycles. The molecule has 0 aliphatic carbocycles. The number of thioether (sulfide) groups is 1. The molecule has 1 saturated heterocycles. The van der Waals surface area contributed by atoms with Crippen molar-refractivity contribution in [1.29, 1.82) is 0 Å². The molecule has 0 spiro atoms. The number of carbonyl (C=O) groups excluding carboxylic acids is 1. The molecule has 4 rings (SSSR count). The molecule has 2 aromatic carbocycles. The minimum atomic E-state index is -0.270. The summed E-state index contributed by atoms with van der Waals surface area (Å²) >= 11 is 1.64. The van der Waals surface area contributed by atoms with E-state index in [9.17, 15) is 4.79 Å². The summed E-state index contributed by atoms with van der Waals surface area (Å²) in [5.41, 5.74) is 1.54. The van der Waals surface area contributed by atoms with Crippen LogP contribution in [0.1, 0.15) is 34.6 Å². The number of hydrogen-bond acceptors (Lipinski definition) is 7. The van der Waals surface area contributed by atoms with Gasteiger partial charge in [-0.25, -0.2) is 0 Å². The Labute approximate surface area is 197 Å². The zero-order valence-electron chi connectivity index (χ0n) is 18.8. The van der Waals surface area contributed by atoms with Crippen LogP contribution < -0.4 is 14.8 Å². The Bertz CT molecular complexity index is 1070. The molecule has 1 aliphatic rings. The molecule has 2 heterocycles. The third kappa shape index (κ3) is 5.85. The summed E-state index contributed by atoms with van der Waals surface area (Å²) in [6.07, 6.45) is 2.43. The number of nitrogens with one attached hydrogen (secondary N) is 1. The lowest BCUT2D eigenvalue weighted by molar-refractivity contribution is 0.0946. The van der Waals surface area contributed by atoms with Gasteiger partial charge in [0.15, 0.2) is 11.0 Å². The molecule has 1 fully saturated rings. The van der Waals surface area contributed by atoms with Gasteiger partial charge < -0.3 is 24.1 Å². The largest absolute Gasteiger partial charge is 0.497 e. The van der Waals surface area contributed by atoms with Crippen LogP contribution in [0.3, 0.4) is 0 Å². The van der Waals surface area contributed by atoms with Crippen molar-refractivity contribution in [3.63, 3.8) is 0 Å². The van der Waals surface area contributed by atoms with Gasteiger partial charge in [0.25, 0.3) is 5.91 Å². The maximum Gasteiger partial charge on any atom is 0.255 e. The number of aromatic nitrogens is 3. The first-order chi connectivity index (χ1) is 16.2. The number of rotatable bonds is 10. The maximum absolute atomic E-state index is 12.9. The monoisotopic (exact) mass is 468 g/mol. The van der Waals surface area contributed by atoms with Crippen LogP contribution in [0.4, 0.5) is 0 Å². The first kappa shape index (κ1) is 23.1. The van der Waals surface area contributed by atoms with Crippen molar-refractivity contribution in [2.45, 2.75) is 37.2 Å². The molecule has 0 bridgehead atoms. The molecular weight excluding hydrogens is 440 g/mol. The van der Waals surface area contributed by atoms with E-state index >= 15 is 0 Å². The highest BCUT2D eigenvalue weighted by Crippen LogP contribution is 2.25. The summed E-state index contributed by atoms with van der Waals surface area (Å²) in [6.45, 7) is 1.68. The first-order valence-electron chi connectivity index (χ1n) is 10.9. The van der Waals surface area contributed by atoms with E-state index < -0.39 is 0 Å². The molecule has 1 amide bonds. The minimum Gasteiger partial charge on any atom is -0.497 e. The first-order valence-corrected chi connectivity index (χ1v) is 11.9. The summed E-state index contributed by atoms with van der Waals surface area (Å²) in [4.78, 5) is 12.9. The molecule has 8 nitrogen and oxygen atoms in total. The van der Waals surface area contributed by atoms with Crippen molar-refractivity contribution >= 4 is 17.7 Å². The van der Waals surface area contributed by atoms with Crippen molar-refractivity contribution in [2.24, 2.45) is 0 Å². The van der Waals surface area contributed by atoms with E-state index in [1.807, 2.05) is 18.2 Å². The number of amides is 1. The highest BCUT2D eigenvalue weighted by molar-refractivity contribution is 7.99. The second kappa shape index (κ2) is 11.2. The lowest BCUT2D eigenvalue weighted by Gasteiger charge is -2.13. The van der Waals surface area contributed by atoms with Gasteiger partial charge in [-0.1, -0.05) is 42.1 Å². The summed E-state index contributed by atoms with van der Waals surface area (Å²) in [5, 5.41) is 12.6. The smallest absolute Gasteiger partial charge is 0.255 e. The highest BCUT2D eigenvalue weighted by Gasteiger charge is 2.20. The van der Waals surface area contributed by atoms with Crippen LogP contribution >= 0.6 is 11.8 Å². The Morgan fingerprint density at radius 2 is 2.03 bits per heavy atom. The average molecular weight is 469 g/mol. The van der Waals surface area contributed by atoms with E-state index in [0.717, 1.165) is 35.9 Å². The molecule has 1 unspecified atom stereocenters. The number of benzene rings is 2. The number of hydrogen-bond donors (Lipinski definition) is 1. The lowest BCUT2D eigenvalue weighted by atomic mass is 10.1. The topological polar surface area (TPSA) is 87.5 Å². The van der Waals surface area contributed by atoms with E-state index in [0.29, 0.717) is 29.4 Å².